The van der Waals surface area contributed by atoms with Crippen molar-refractivity contribution in [3.05, 3.63) is 59.1 Å². The first-order valence-corrected chi connectivity index (χ1v) is 7.80. The molecule has 0 aliphatic rings. The molecule has 0 radical (unpaired) electrons. The van der Waals surface area contributed by atoms with E-state index in [2.05, 4.69) is 12.2 Å². The van der Waals surface area contributed by atoms with Crippen molar-refractivity contribution in [1.82, 2.24) is 0 Å². The molecule has 0 heterocycles. The average molecular weight is 331 g/mol. The average Bonchev–Trinajstić information content (AvgIpc) is 2.55. The fourth-order valence-electron chi connectivity index (χ4n) is 2.17. The molecule has 0 atom stereocenters. The van der Waals surface area contributed by atoms with Gasteiger partial charge in [0.25, 0.3) is 0 Å². The number of nitrogens with one attached hydrogen (secondary N) is 1. The number of amides is 2. The van der Waals surface area contributed by atoms with E-state index in [-0.39, 0.29) is 18.4 Å². The Labute approximate surface area is 141 Å². The van der Waals surface area contributed by atoms with E-state index in [0.717, 1.165) is 6.42 Å². The number of hydrogen-bond acceptors (Lipinski definition) is 2. The molecule has 0 spiro atoms. The van der Waals surface area contributed by atoms with E-state index in [0.29, 0.717) is 16.4 Å². The number of hydrogen-bond donors (Lipinski definition) is 1. The van der Waals surface area contributed by atoms with Crippen molar-refractivity contribution in [3.8, 4) is 0 Å². The molecule has 2 rings (SSSR count). The van der Waals surface area contributed by atoms with Gasteiger partial charge in [-0.05, 0) is 48.4 Å². The SMILES string of the molecule is CCc1ccc(N(CC(=O)Nc2ccc(Cl)cc2)C(C)=O)cc1. The van der Waals surface area contributed by atoms with Crippen molar-refractivity contribution >= 4 is 34.8 Å². The summed E-state index contributed by atoms with van der Waals surface area (Å²) in [6, 6.07) is 14.5. The Bertz CT molecular complexity index is 681. The van der Waals surface area contributed by atoms with Gasteiger partial charge in [0.15, 0.2) is 0 Å². The molecule has 0 bridgehead atoms. The van der Waals surface area contributed by atoms with Crippen molar-refractivity contribution in [2.24, 2.45) is 0 Å². The van der Waals surface area contributed by atoms with Gasteiger partial charge in [0.1, 0.15) is 6.54 Å². The fourth-order valence-corrected chi connectivity index (χ4v) is 2.30. The molecule has 120 valence electrons. The molecule has 0 fully saturated rings. The lowest BCUT2D eigenvalue weighted by atomic mass is 10.1. The molecule has 2 aromatic carbocycles. The van der Waals surface area contributed by atoms with Crippen LogP contribution in [0.2, 0.25) is 5.02 Å². The summed E-state index contributed by atoms with van der Waals surface area (Å²) < 4.78 is 0. The first-order valence-electron chi connectivity index (χ1n) is 7.42. The Morgan fingerprint density at radius 3 is 2.17 bits per heavy atom. The quantitative estimate of drug-likeness (QED) is 0.904. The molecule has 2 amide bonds. The van der Waals surface area contributed by atoms with E-state index >= 15 is 0 Å². The zero-order valence-corrected chi connectivity index (χ0v) is 13.9. The minimum atomic E-state index is -0.262. The summed E-state index contributed by atoms with van der Waals surface area (Å²) >= 11 is 5.81. The Kier molecular flexibility index (Phi) is 5.77. The maximum atomic E-state index is 12.2. The third kappa shape index (κ3) is 4.83. The highest BCUT2D eigenvalue weighted by molar-refractivity contribution is 6.30. The van der Waals surface area contributed by atoms with Gasteiger partial charge in [-0.2, -0.15) is 0 Å². The lowest BCUT2D eigenvalue weighted by Crippen LogP contribution is -2.36. The Balaban J connectivity index is 2.07. The molecule has 23 heavy (non-hydrogen) atoms. The number of anilines is 2. The van der Waals surface area contributed by atoms with Crippen LogP contribution in [-0.2, 0) is 16.0 Å². The number of carbonyl (C=O) groups is 2. The first kappa shape index (κ1) is 17.0. The van der Waals surface area contributed by atoms with Crippen molar-refractivity contribution in [1.29, 1.82) is 0 Å². The van der Waals surface area contributed by atoms with Gasteiger partial charge in [0.05, 0.1) is 0 Å². The standard InChI is InChI=1S/C18H19ClN2O2/c1-3-14-4-10-17(11-5-14)21(13(2)22)12-18(23)20-16-8-6-15(19)7-9-16/h4-11H,3,12H2,1-2H3,(H,20,23). The maximum Gasteiger partial charge on any atom is 0.244 e. The Morgan fingerprint density at radius 1 is 1.04 bits per heavy atom. The van der Waals surface area contributed by atoms with Gasteiger partial charge in [-0.1, -0.05) is 30.7 Å². The van der Waals surface area contributed by atoms with Gasteiger partial charge in [-0.15, -0.1) is 0 Å². The number of rotatable bonds is 5. The summed E-state index contributed by atoms with van der Waals surface area (Å²) in [6.07, 6.45) is 0.928. The van der Waals surface area contributed by atoms with Crippen molar-refractivity contribution in [2.75, 3.05) is 16.8 Å². The van der Waals surface area contributed by atoms with Crippen LogP contribution in [0.3, 0.4) is 0 Å². The third-order valence-corrected chi connectivity index (χ3v) is 3.72. The van der Waals surface area contributed by atoms with Crippen LogP contribution in [0.15, 0.2) is 48.5 Å². The summed E-state index contributed by atoms with van der Waals surface area (Å²) in [5, 5.41) is 3.36. The van der Waals surface area contributed by atoms with Crippen LogP contribution in [-0.4, -0.2) is 18.4 Å². The summed E-state index contributed by atoms with van der Waals surface area (Å²) in [6.45, 7) is 3.48. The van der Waals surface area contributed by atoms with Crippen molar-refractivity contribution < 1.29 is 9.59 Å². The van der Waals surface area contributed by atoms with E-state index in [1.54, 1.807) is 24.3 Å². The van der Waals surface area contributed by atoms with Gasteiger partial charge in [0.2, 0.25) is 11.8 Å². The molecule has 5 heteroatoms. The smallest absolute Gasteiger partial charge is 0.244 e. The molecule has 0 aliphatic carbocycles. The second-order valence-electron chi connectivity index (χ2n) is 5.18. The largest absolute Gasteiger partial charge is 0.325 e. The minimum Gasteiger partial charge on any atom is -0.325 e. The molecule has 0 aromatic heterocycles. The number of nitrogens with zero attached hydrogens (tertiary/aromatic N) is 1. The second-order valence-corrected chi connectivity index (χ2v) is 5.62. The summed E-state index contributed by atoms with van der Waals surface area (Å²) in [7, 11) is 0. The summed E-state index contributed by atoms with van der Waals surface area (Å²) in [4.78, 5) is 25.5. The van der Waals surface area contributed by atoms with Crippen LogP contribution in [0, 0.1) is 0 Å². The first-order chi connectivity index (χ1) is 11.0. The highest BCUT2D eigenvalue weighted by Crippen LogP contribution is 2.17. The summed E-state index contributed by atoms with van der Waals surface area (Å²) in [5.74, 6) is -0.442. The molecular formula is C18H19ClN2O2. The van der Waals surface area contributed by atoms with E-state index in [9.17, 15) is 9.59 Å². The number of benzene rings is 2. The minimum absolute atomic E-state index is 0.0383. The van der Waals surface area contributed by atoms with Crippen molar-refractivity contribution in [2.45, 2.75) is 20.3 Å². The van der Waals surface area contributed by atoms with E-state index < -0.39 is 0 Å². The van der Waals surface area contributed by atoms with E-state index in [4.69, 9.17) is 11.6 Å². The maximum absolute atomic E-state index is 12.2. The van der Waals surface area contributed by atoms with Gasteiger partial charge >= 0.3 is 0 Å². The molecule has 4 nitrogen and oxygen atoms in total. The molecule has 2 aromatic rings. The topological polar surface area (TPSA) is 49.4 Å². The molecular weight excluding hydrogens is 312 g/mol. The van der Waals surface area contributed by atoms with E-state index in [1.165, 1.54) is 17.4 Å². The van der Waals surface area contributed by atoms with Gasteiger partial charge in [0, 0.05) is 23.3 Å². The lowest BCUT2D eigenvalue weighted by Gasteiger charge is -2.21. The fraction of sp³-hybridized carbons (Fsp3) is 0.222. The number of aryl methyl sites for hydroxylation is 1. The zero-order chi connectivity index (χ0) is 16.8. The van der Waals surface area contributed by atoms with Crippen LogP contribution >= 0.6 is 11.6 Å². The van der Waals surface area contributed by atoms with Gasteiger partial charge in [-0.3, -0.25) is 9.59 Å². The number of halogens is 1. The molecule has 0 saturated carbocycles. The Hall–Kier alpha value is -2.33. The monoisotopic (exact) mass is 330 g/mol. The van der Waals surface area contributed by atoms with Gasteiger partial charge in [-0.25, -0.2) is 0 Å². The Morgan fingerprint density at radius 2 is 1.65 bits per heavy atom. The molecule has 0 saturated heterocycles. The predicted molar refractivity (Wildman–Crippen MR) is 93.9 cm³/mol. The van der Waals surface area contributed by atoms with Crippen LogP contribution in [0.4, 0.5) is 11.4 Å². The summed E-state index contributed by atoms with van der Waals surface area (Å²) in [5.41, 5.74) is 2.54. The predicted octanol–water partition coefficient (Wildman–Crippen LogP) is 3.89. The van der Waals surface area contributed by atoms with Crippen molar-refractivity contribution in [3.63, 3.8) is 0 Å². The molecule has 0 unspecified atom stereocenters. The van der Waals surface area contributed by atoms with E-state index in [1.807, 2.05) is 24.3 Å². The second kappa shape index (κ2) is 7.79. The third-order valence-electron chi connectivity index (χ3n) is 3.47. The normalized spacial score (nSPS) is 10.2. The van der Waals surface area contributed by atoms with Gasteiger partial charge < -0.3 is 10.2 Å². The van der Waals surface area contributed by atoms with Crippen LogP contribution < -0.4 is 10.2 Å². The van der Waals surface area contributed by atoms with Crippen LogP contribution in [0.5, 0.6) is 0 Å². The van der Waals surface area contributed by atoms with Crippen LogP contribution in [0.25, 0.3) is 0 Å². The lowest BCUT2D eigenvalue weighted by molar-refractivity contribution is -0.120. The van der Waals surface area contributed by atoms with Crippen LogP contribution in [0.1, 0.15) is 19.4 Å². The number of carbonyl (C=O) groups excluding carboxylic acids is 2. The highest BCUT2D eigenvalue weighted by Gasteiger charge is 2.15. The zero-order valence-electron chi connectivity index (χ0n) is 13.2. The highest BCUT2D eigenvalue weighted by atomic mass is 35.5. The molecule has 0 aliphatic heterocycles. The molecule has 1 N–H and O–H groups in total.